The Bertz CT molecular complexity index is 1060. The standard InChI is InChI=1S/C32H46N2O3/c1-5-32-16-15-31(36,20-37-6-2)18-23(32)8-9-24-25-10-11-27(30(25,4)14-13-26(24)32)29(35)34-28-12-7-22(19-33)17-21(28)3/h7,12,17,23-27,36H,5-6,8-11,13-16,18,20H2,1-4H3,(H,34,35). The first kappa shape index (κ1) is 26.7. The van der Waals surface area contributed by atoms with Crippen LogP contribution in [0.2, 0.25) is 0 Å². The fourth-order valence-corrected chi connectivity index (χ4v) is 9.78. The number of aryl methyl sites for hydroxylation is 1. The molecule has 4 fully saturated rings. The van der Waals surface area contributed by atoms with Gasteiger partial charge in [-0.25, -0.2) is 0 Å². The van der Waals surface area contributed by atoms with E-state index in [0.29, 0.717) is 47.9 Å². The number of ether oxygens (including phenoxy) is 1. The van der Waals surface area contributed by atoms with Gasteiger partial charge in [-0.2, -0.15) is 5.26 Å². The lowest BCUT2D eigenvalue weighted by Gasteiger charge is -2.63. The molecule has 8 unspecified atom stereocenters. The predicted molar refractivity (Wildman–Crippen MR) is 146 cm³/mol. The van der Waals surface area contributed by atoms with Crippen LogP contribution in [0.3, 0.4) is 0 Å². The molecule has 4 aliphatic carbocycles. The summed E-state index contributed by atoms with van der Waals surface area (Å²) >= 11 is 0. The van der Waals surface area contributed by atoms with E-state index in [4.69, 9.17) is 4.74 Å². The maximum absolute atomic E-state index is 13.6. The van der Waals surface area contributed by atoms with Crippen molar-refractivity contribution < 1.29 is 14.6 Å². The van der Waals surface area contributed by atoms with E-state index in [-0.39, 0.29) is 17.2 Å². The van der Waals surface area contributed by atoms with E-state index < -0.39 is 5.60 Å². The van der Waals surface area contributed by atoms with E-state index in [1.54, 1.807) is 6.07 Å². The lowest BCUT2D eigenvalue weighted by atomic mass is 9.42. The molecule has 8 atom stereocenters. The molecule has 0 spiro atoms. The highest BCUT2D eigenvalue weighted by Gasteiger charge is 2.63. The Balaban J connectivity index is 1.32. The third kappa shape index (κ3) is 4.43. The molecule has 5 rings (SSSR count). The topological polar surface area (TPSA) is 82.3 Å². The molecule has 0 aliphatic heterocycles. The van der Waals surface area contributed by atoms with E-state index in [9.17, 15) is 15.2 Å². The highest BCUT2D eigenvalue weighted by Crippen LogP contribution is 2.69. The Morgan fingerprint density at radius 1 is 1.14 bits per heavy atom. The van der Waals surface area contributed by atoms with E-state index >= 15 is 0 Å². The van der Waals surface area contributed by atoms with Crippen LogP contribution in [0.4, 0.5) is 5.69 Å². The molecule has 5 heteroatoms. The van der Waals surface area contributed by atoms with E-state index in [2.05, 4.69) is 25.2 Å². The Morgan fingerprint density at radius 2 is 1.95 bits per heavy atom. The average Bonchev–Trinajstić information content (AvgIpc) is 3.25. The number of nitriles is 1. The van der Waals surface area contributed by atoms with Gasteiger partial charge in [-0.1, -0.05) is 13.8 Å². The molecular weight excluding hydrogens is 460 g/mol. The molecule has 5 nitrogen and oxygen atoms in total. The lowest BCUT2D eigenvalue weighted by molar-refractivity contribution is -0.173. The van der Waals surface area contributed by atoms with Crippen LogP contribution < -0.4 is 5.32 Å². The largest absolute Gasteiger partial charge is 0.387 e. The van der Waals surface area contributed by atoms with Gasteiger partial charge in [-0.15, -0.1) is 0 Å². The lowest BCUT2D eigenvalue weighted by Crippen LogP contribution is -2.58. The quantitative estimate of drug-likeness (QED) is 0.454. The van der Waals surface area contributed by atoms with Gasteiger partial charge in [0.1, 0.15) is 0 Å². The zero-order valence-electron chi connectivity index (χ0n) is 23.3. The van der Waals surface area contributed by atoms with E-state index in [1.165, 1.54) is 25.7 Å². The van der Waals surface area contributed by atoms with Gasteiger partial charge < -0.3 is 15.2 Å². The van der Waals surface area contributed by atoms with Gasteiger partial charge >= 0.3 is 0 Å². The van der Waals surface area contributed by atoms with Crippen LogP contribution in [0.25, 0.3) is 0 Å². The summed E-state index contributed by atoms with van der Waals surface area (Å²) in [6.45, 7) is 9.90. The number of benzene rings is 1. The highest BCUT2D eigenvalue weighted by atomic mass is 16.5. The second-order valence-corrected chi connectivity index (χ2v) is 13.1. The fraction of sp³-hybridized carbons (Fsp3) is 0.750. The van der Waals surface area contributed by atoms with Crippen LogP contribution in [0, 0.1) is 58.7 Å². The number of nitrogens with one attached hydrogen (secondary N) is 1. The van der Waals surface area contributed by atoms with Gasteiger partial charge in [0.2, 0.25) is 5.91 Å². The van der Waals surface area contributed by atoms with Crippen LogP contribution in [-0.2, 0) is 9.53 Å². The number of fused-ring (bicyclic) bond motifs is 5. The zero-order chi connectivity index (χ0) is 26.4. The second kappa shape index (κ2) is 10.0. The molecule has 0 heterocycles. The smallest absolute Gasteiger partial charge is 0.228 e. The second-order valence-electron chi connectivity index (χ2n) is 13.1. The van der Waals surface area contributed by atoms with Gasteiger partial charge in [0.05, 0.1) is 23.8 Å². The summed E-state index contributed by atoms with van der Waals surface area (Å²) in [6.07, 6.45) is 11.0. The summed E-state index contributed by atoms with van der Waals surface area (Å²) in [5.74, 6) is 2.82. The molecule has 1 amide bonds. The molecule has 1 aromatic rings. The Kier molecular flexibility index (Phi) is 7.22. The van der Waals surface area contributed by atoms with E-state index in [0.717, 1.165) is 49.8 Å². The zero-order valence-corrected chi connectivity index (χ0v) is 23.3. The summed E-state index contributed by atoms with van der Waals surface area (Å²) in [7, 11) is 0. The Hall–Kier alpha value is -1.90. The molecule has 0 aromatic heterocycles. The van der Waals surface area contributed by atoms with Crippen molar-refractivity contribution in [2.75, 3.05) is 18.5 Å². The minimum Gasteiger partial charge on any atom is -0.387 e. The number of carbonyl (C=O) groups excluding carboxylic acids is 1. The van der Waals surface area contributed by atoms with Gasteiger partial charge in [-0.05, 0) is 136 Å². The number of carbonyl (C=O) groups is 1. The molecule has 2 N–H and O–H groups in total. The summed E-state index contributed by atoms with van der Waals surface area (Å²) in [6, 6.07) is 7.69. The summed E-state index contributed by atoms with van der Waals surface area (Å²) in [5, 5.41) is 23.7. The molecule has 4 aliphatic rings. The van der Waals surface area contributed by atoms with Gasteiger partial charge in [0.15, 0.2) is 0 Å². The Labute approximate surface area is 223 Å². The predicted octanol–water partition coefficient (Wildman–Crippen LogP) is 6.62. The number of hydrogen-bond donors (Lipinski definition) is 2. The number of nitrogens with zero attached hydrogens (tertiary/aromatic N) is 1. The first-order valence-corrected chi connectivity index (χ1v) is 14.8. The monoisotopic (exact) mass is 506 g/mol. The van der Waals surface area contributed by atoms with Crippen molar-refractivity contribution in [1.82, 2.24) is 0 Å². The van der Waals surface area contributed by atoms with Crippen molar-refractivity contribution in [3.63, 3.8) is 0 Å². The van der Waals surface area contributed by atoms with Crippen molar-refractivity contribution >= 4 is 11.6 Å². The number of rotatable bonds is 6. The maximum atomic E-state index is 13.6. The number of hydrogen-bond acceptors (Lipinski definition) is 4. The SMILES string of the molecule is CCOCC1(O)CCC2(CC)C(CCC3C4CCC(C(=O)Nc5ccc(C#N)cc5C)C4(C)CCC32)C1. The number of anilines is 1. The molecule has 0 radical (unpaired) electrons. The number of aliphatic hydroxyl groups is 1. The molecule has 1 aromatic carbocycles. The van der Waals surface area contributed by atoms with Crippen LogP contribution in [0.1, 0.15) is 96.1 Å². The first-order valence-electron chi connectivity index (χ1n) is 14.8. The van der Waals surface area contributed by atoms with Gasteiger partial charge in [0.25, 0.3) is 0 Å². The third-order valence-corrected chi connectivity index (χ3v) is 11.7. The summed E-state index contributed by atoms with van der Waals surface area (Å²) in [4.78, 5) is 13.6. The van der Waals surface area contributed by atoms with Crippen molar-refractivity contribution in [3.8, 4) is 6.07 Å². The molecule has 37 heavy (non-hydrogen) atoms. The molecule has 4 saturated carbocycles. The minimum atomic E-state index is -0.657. The molecule has 202 valence electrons. The highest BCUT2D eigenvalue weighted by molar-refractivity contribution is 5.94. The van der Waals surface area contributed by atoms with Crippen molar-refractivity contribution in [3.05, 3.63) is 29.3 Å². The minimum absolute atomic E-state index is 0.0476. The van der Waals surface area contributed by atoms with E-state index in [1.807, 2.05) is 26.0 Å². The average molecular weight is 507 g/mol. The fourth-order valence-electron chi connectivity index (χ4n) is 9.78. The maximum Gasteiger partial charge on any atom is 0.228 e. The molecule has 0 saturated heterocycles. The van der Waals surface area contributed by atoms with Crippen LogP contribution in [-0.4, -0.2) is 29.8 Å². The van der Waals surface area contributed by atoms with Gasteiger partial charge in [0, 0.05) is 18.2 Å². The van der Waals surface area contributed by atoms with Gasteiger partial charge in [-0.3, -0.25) is 4.79 Å². The van der Waals surface area contributed by atoms with Crippen molar-refractivity contribution in [2.24, 2.45) is 40.4 Å². The van der Waals surface area contributed by atoms with Crippen LogP contribution >= 0.6 is 0 Å². The normalized spacial score (nSPS) is 40.7. The summed E-state index contributed by atoms with van der Waals surface area (Å²) in [5.41, 5.74) is 2.13. The Morgan fingerprint density at radius 3 is 2.65 bits per heavy atom. The van der Waals surface area contributed by atoms with Crippen LogP contribution in [0.5, 0.6) is 0 Å². The van der Waals surface area contributed by atoms with Crippen molar-refractivity contribution in [2.45, 2.75) is 97.5 Å². The molecular formula is C32H46N2O3. The number of amides is 1. The third-order valence-electron chi connectivity index (χ3n) is 11.7. The van der Waals surface area contributed by atoms with Crippen molar-refractivity contribution in [1.29, 1.82) is 5.26 Å². The molecule has 0 bridgehead atoms. The first-order chi connectivity index (χ1) is 17.7. The summed E-state index contributed by atoms with van der Waals surface area (Å²) < 4.78 is 5.69. The van der Waals surface area contributed by atoms with Crippen LogP contribution in [0.15, 0.2) is 18.2 Å².